The Kier molecular flexibility index (Phi) is 4.94. The summed E-state index contributed by atoms with van der Waals surface area (Å²) in [6.07, 6.45) is 2.04. The van der Waals surface area contributed by atoms with Crippen LogP contribution in [0.25, 0.3) is 0 Å². The van der Waals surface area contributed by atoms with Crippen LogP contribution < -0.4 is 11.3 Å². The third-order valence-electron chi connectivity index (χ3n) is 3.85. The van der Waals surface area contributed by atoms with Crippen molar-refractivity contribution < 1.29 is 0 Å². The quantitative estimate of drug-likeness (QED) is 0.640. The minimum Gasteiger partial charge on any atom is -0.271 e. The van der Waals surface area contributed by atoms with E-state index in [9.17, 15) is 0 Å². The second-order valence-corrected chi connectivity index (χ2v) is 5.56. The molecule has 0 saturated heterocycles. The summed E-state index contributed by atoms with van der Waals surface area (Å²) in [7, 11) is 0. The molecule has 0 spiro atoms. The summed E-state index contributed by atoms with van der Waals surface area (Å²) < 4.78 is 0. The summed E-state index contributed by atoms with van der Waals surface area (Å²) in [6.45, 7) is 6.48. The molecule has 0 radical (unpaired) electrons. The first-order valence-electron chi connectivity index (χ1n) is 7.19. The predicted octanol–water partition coefficient (Wildman–Crippen LogP) is 3.75. The first-order chi connectivity index (χ1) is 9.61. The average Bonchev–Trinajstić information content (AvgIpc) is 2.42. The molecule has 3 N–H and O–H groups in total. The SMILES string of the molecule is Cc1cc(C)c(C(CCc2ccccc2)NN)c(C)c1. The number of hydrazine groups is 1. The van der Waals surface area contributed by atoms with Gasteiger partial charge in [0.2, 0.25) is 0 Å². The average molecular weight is 268 g/mol. The number of hydrogen-bond acceptors (Lipinski definition) is 2. The van der Waals surface area contributed by atoms with Gasteiger partial charge in [0.25, 0.3) is 0 Å². The molecule has 2 nitrogen and oxygen atoms in total. The van der Waals surface area contributed by atoms with Crippen molar-refractivity contribution in [3.8, 4) is 0 Å². The van der Waals surface area contributed by atoms with Crippen molar-refractivity contribution in [2.45, 2.75) is 39.7 Å². The van der Waals surface area contributed by atoms with Gasteiger partial charge < -0.3 is 0 Å². The molecule has 0 bridgehead atoms. The number of nitrogens with two attached hydrogens (primary N) is 1. The van der Waals surface area contributed by atoms with Gasteiger partial charge in [-0.25, -0.2) is 0 Å². The van der Waals surface area contributed by atoms with Crippen LogP contribution in [0, 0.1) is 20.8 Å². The first kappa shape index (κ1) is 14.8. The van der Waals surface area contributed by atoms with Crippen LogP contribution in [-0.4, -0.2) is 0 Å². The second kappa shape index (κ2) is 6.69. The summed E-state index contributed by atoms with van der Waals surface area (Å²) >= 11 is 0. The van der Waals surface area contributed by atoms with E-state index in [2.05, 4.69) is 68.7 Å². The zero-order valence-corrected chi connectivity index (χ0v) is 12.6. The van der Waals surface area contributed by atoms with Gasteiger partial charge in [-0.3, -0.25) is 11.3 Å². The van der Waals surface area contributed by atoms with Crippen LogP contribution in [0.5, 0.6) is 0 Å². The number of hydrogen-bond donors (Lipinski definition) is 2. The third kappa shape index (κ3) is 3.47. The molecule has 1 unspecified atom stereocenters. The van der Waals surface area contributed by atoms with Crippen molar-refractivity contribution in [1.82, 2.24) is 5.43 Å². The molecule has 0 aliphatic rings. The molecule has 0 heterocycles. The largest absolute Gasteiger partial charge is 0.271 e. The monoisotopic (exact) mass is 268 g/mol. The minimum absolute atomic E-state index is 0.204. The molecule has 2 rings (SSSR count). The Morgan fingerprint density at radius 3 is 2.15 bits per heavy atom. The maximum atomic E-state index is 5.79. The van der Waals surface area contributed by atoms with Gasteiger partial charge in [0.15, 0.2) is 0 Å². The lowest BCUT2D eigenvalue weighted by molar-refractivity contribution is 0.512. The molecule has 0 aromatic heterocycles. The van der Waals surface area contributed by atoms with Crippen molar-refractivity contribution in [2.24, 2.45) is 5.84 Å². The Balaban J connectivity index is 2.17. The van der Waals surface area contributed by atoms with E-state index in [1.807, 2.05) is 0 Å². The normalized spacial score (nSPS) is 12.4. The molecule has 1 atom stereocenters. The van der Waals surface area contributed by atoms with Crippen molar-refractivity contribution in [1.29, 1.82) is 0 Å². The van der Waals surface area contributed by atoms with E-state index in [1.165, 1.54) is 27.8 Å². The summed E-state index contributed by atoms with van der Waals surface area (Å²) in [4.78, 5) is 0. The Hall–Kier alpha value is -1.64. The van der Waals surface area contributed by atoms with Crippen LogP contribution in [0.4, 0.5) is 0 Å². The second-order valence-electron chi connectivity index (χ2n) is 5.56. The van der Waals surface area contributed by atoms with Crippen molar-refractivity contribution in [3.63, 3.8) is 0 Å². The molecule has 20 heavy (non-hydrogen) atoms. The molecule has 106 valence electrons. The third-order valence-corrected chi connectivity index (χ3v) is 3.85. The predicted molar refractivity (Wildman–Crippen MR) is 85.5 cm³/mol. The summed E-state index contributed by atoms with van der Waals surface area (Å²) in [5.74, 6) is 5.79. The van der Waals surface area contributed by atoms with Gasteiger partial charge in [0, 0.05) is 6.04 Å². The fourth-order valence-electron chi connectivity index (χ4n) is 3.01. The Bertz CT molecular complexity index is 538. The van der Waals surface area contributed by atoms with Crippen LogP contribution in [0.2, 0.25) is 0 Å². The lowest BCUT2D eigenvalue weighted by Crippen LogP contribution is -2.29. The van der Waals surface area contributed by atoms with E-state index in [4.69, 9.17) is 5.84 Å². The van der Waals surface area contributed by atoms with Crippen LogP contribution in [-0.2, 0) is 6.42 Å². The highest BCUT2D eigenvalue weighted by molar-refractivity contribution is 5.39. The zero-order valence-electron chi connectivity index (χ0n) is 12.6. The topological polar surface area (TPSA) is 38.0 Å². The molecule has 0 aliphatic heterocycles. The maximum absolute atomic E-state index is 5.79. The zero-order chi connectivity index (χ0) is 14.5. The summed E-state index contributed by atoms with van der Waals surface area (Å²) in [6, 6.07) is 15.2. The van der Waals surface area contributed by atoms with Gasteiger partial charge in [0.05, 0.1) is 0 Å². The molecule has 0 aliphatic carbocycles. The Morgan fingerprint density at radius 1 is 1.00 bits per heavy atom. The van der Waals surface area contributed by atoms with Gasteiger partial charge in [-0.1, -0.05) is 48.0 Å². The molecule has 2 aromatic carbocycles. The standard InChI is InChI=1S/C18H24N2/c1-13-11-14(2)18(15(3)12-13)17(20-19)10-9-16-7-5-4-6-8-16/h4-8,11-12,17,20H,9-10,19H2,1-3H3. The van der Waals surface area contributed by atoms with E-state index in [0.717, 1.165) is 12.8 Å². The van der Waals surface area contributed by atoms with Crippen LogP contribution >= 0.6 is 0 Å². The van der Waals surface area contributed by atoms with E-state index in [0.29, 0.717) is 0 Å². The van der Waals surface area contributed by atoms with E-state index < -0.39 is 0 Å². The highest BCUT2D eigenvalue weighted by Crippen LogP contribution is 2.26. The Morgan fingerprint density at radius 2 is 1.60 bits per heavy atom. The van der Waals surface area contributed by atoms with Gasteiger partial charge >= 0.3 is 0 Å². The van der Waals surface area contributed by atoms with E-state index in [1.54, 1.807) is 0 Å². The molecular weight excluding hydrogens is 244 g/mol. The van der Waals surface area contributed by atoms with Crippen molar-refractivity contribution in [2.75, 3.05) is 0 Å². The van der Waals surface area contributed by atoms with Gasteiger partial charge in [-0.05, 0) is 55.9 Å². The number of nitrogens with one attached hydrogen (secondary N) is 1. The molecule has 2 heteroatoms. The van der Waals surface area contributed by atoms with Crippen LogP contribution in [0.1, 0.15) is 40.3 Å². The van der Waals surface area contributed by atoms with Crippen molar-refractivity contribution in [3.05, 3.63) is 70.3 Å². The fraction of sp³-hybridized carbons (Fsp3) is 0.333. The fourth-order valence-corrected chi connectivity index (χ4v) is 3.01. The lowest BCUT2D eigenvalue weighted by Gasteiger charge is -2.21. The number of rotatable bonds is 5. The molecule has 0 fully saturated rings. The smallest absolute Gasteiger partial charge is 0.0468 e. The summed E-state index contributed by atoms with van der Waals surface area (Å²) in [5.41, 5.74) is 9.63. The summed E-state index contributed by atoms with van der Waals surface area (Å²) in [5, 5.41) is 0. The number of benzene rings is 2. The van der Waals surface area contributed by atoms with Crippen LogP contribution in [0.3, 0.4) is 0 Å². The molecular formula is C18H24N2. The van der Waals surface area contributed by atoms with Gasteiger partial charge in [-0.2, -0.15) is 0 Å². The lowest BCUT2D eigenvalue weighted by atomic mass is 9.91. The Labute approximate surface area is 122 Å². The van der Waals surface area contributed by atoms with E-state index in [-0.39, 0.29) is 6.04 Å². The maximum Gasteiger partial charge on any atom is 0.0468 e. The number of aryl methyl sites for hydroxylation is 4. The first-order valence-corrected chi connectivity index (χ1v) is 7.19. The van der Waals surface area contributed by atoms with E-state index >= 15 is 0 Å². The van der Waals surface area contributed by atoms with Crippen molar-refractivity contribution >= 4 is 0 Å². The van der Waals surface area contributed by atoms with Gasteiger partial charge in [0.1, 0.15) is 0 Å². The highest BCUT2D eigenvalue weighted by atomic mass is 15.2. The van der Waals surface area contributed by atoms with Gasteiger partial charge in [-0.15, -0.1) is 0 Å². The minimum atomic E-state index is 0.204. The molecule has 2 aromatic rings. The molecule has 0 saturated carbocycles. The van der Waals surface area contributed by atoms with Crippen LogP contribution in [0.15, 0.2) is 42.5 Å². The molecule has 0 amide bonds. The highest BCUT2D eigenvalue weighted by Gasteiger charge is 2.15.